The average molecular weight is 418 g/mol. The summed E-state index contributed by atoms with van der Waals surface area (Å²) in [5, 5.41) is 0. The van der Waals surface area contributed by atoms with Gasteiger partial charge in [-0.05, 0) is 49.8 Å². The van der Waals surface area contributed by atoms with Gasteiger partial charge >= 0.3 is 0 Å². The molecule has 1 fully saturated rings. The lowest BCUT2D eigenvalue weighted by Crippen LogP contribution is -2.49. The molecule has 8 heteroatoms. The van der Waals surface area contributed by atoms with Crippen molar-refractivity contribution in [3.8, 4) is 0 Å². The van der Waals surface area contributed by atoms with E-state index in [1.807, 2.05) is 20.8 Å². The Balaban J connectivity index is 0.00000364. The summed E-state index contributed by atoms with van der Waals surface area (Å²) >= 11 is 0. The Kier molecular flexibility index (Phi) is 8.29. The Morgan fingerprint density at radius 3 is 2.37 bits per heavy atom. The number of likely N-dealkylation sites (tertiary alicyclic amines) is 1. The first-order valence-electron chi connectivity index (χ1n) is 9.14. The van der Waals surface area contributed by atoms with Gasteiger partial charge in [0, 0.05) is 13.1 Å². The van der Waals surface area contributed by atoms with Crippen LogP contribution in [0.4, 0.5) is 0 Å². The minimum Gasteiger partial charge on any atom is -0.341 e. The molecule has 0 radical (unpaired) electrons. The number of sulfonamides is 1. The number of nitrogens with one attached hydrogen (secondary N) is 1. The van der Waals surface area contributed by atoms with Gasteiger partial charge in [-0.3, -0.25) is 4.79 Å². The average Bonchev–Trinajstić information content (AvgIpc) is 2.96. The first kappa shape index (κ1) is 23.9. The maximum atomic E-state index is 13.0. The Morgan fingerprint density at radius 1 is 1.30 bits per heavy atom. The van der Waals surface area contributed by atoms with E-state index >= 15 is 0 Å². The van der Waals surface area contributed by atoms with E-state index in [4.69, 9.17) is 5.73 Å². The number of rotatable bonds is 7. The van der Waals surface area contributed by atoms with Gasteiger partial charge < -0.3 is 10.6 Å². The topological polar surface area (TPSA) is 92.5 Å². The Hall–Kier alpha value is -1.15. The van der Waals surface area contributed by atoms with Crippen LogP contribution in [-0.4, -0.2) is 44.9 Å². The van der Waals surface area contributed by atoms with E-state index in [0.29, 0.717) is 26.1 Å². The van der Waals surface area contributed by atoms with Crippen LogP contribution in [0.15, 0.2) is 29.2 Å². The summed E-state index contributed by atoms with van der Waals surface area (Å²) < 4.78 is 28.1. The minimum absolute atomic E-state index is 0. The van der Waals surface area contributed by atoms with E-state index < -0.39 is 16.1 Å². The number of halogens is 1. The molecule has 154 valence electrons. The predicted molar refractivity (Wildman–Crippen MR) is 110 cm³/mol. The zero-order valence-electron chi connectivity index (χ0n) is 16.6. The van der Waals surface area contributed by atoms with Crippen molar-refractivity contribution in [1.82, 2.24) is 9.62 Å². The molecule has 3 N–H and O–H groups in total. The lowest BCUT2D eigenvalue weighted by molar-refractivity contribution is -0.132. The number of carbonyl (C=O) groups excluding carboxylic acids is 1. The van der Waals surface area contributed by atoms with Crippen LogP contribution in [0.2, 0.25) is 0 Å². The van der Waals surface area contributed by atoms with Crippen LogP contribution in [0.25, 0.3) is 0 Å². The fourth-order valence-electron chi connectivity index (χ4n) is 3.24. The summed E-state index contributed by atoms with van der Waals surface area (Å²) in [6.07, 6.45) is 1.30. The summed E-state index contributed by atoms with van der Waals surface area (Å²) in [6, 6.07) is 5.87. The molecule has 2 atom stereocenters. The largest absolute Gasteiger partial charge is 0.341 e. The number of carbonyl (C=O) groups is 1. The Morgan fingerprint density at radius 2 is 1.89 bits per heavy atom. The van der Waals surface area contributed by atoms with Crippen molar-refractivity contribution in [3.63, 3.8) is 0 Å². The molecule has 6 nitrogen and oxygen atoms in total. The molecular formula is C19H32ClN3O3S. The van der Waals surface area contributed by atoms with Crippen molar-refractivity contribution in [2.75, 3.05) is 19.6 Å². The van der Waals surface area contributed by atoms with E-state index in [1.54, 1.807) is 29.2 Å². The fraction of sp³-hybridized carbons (Fsp3) is 0.632. The maximum Gasteiger partial charge on any atom is 0.241 e. The molecule has 1 aliphatic heterocycles. The number of nitrogens with two attached hydrogens (primary N) is 1. The van der Waals surface area contributed by atoms with Crippen LogP contribution < -0.4 is 10.5 Å². The number of aryl methyl sites for hydroxylation is 1. The van der Waals surface area contributed by atoms with Crippen molar-refractivity contribution < 1.29 is 13.2 Å². The van der Waals surface area contributed by atoms with Gasteiger partial charge in [0.2, 0.25) is 15.9 Å². The molecule has 2 rings (SSSR count). The summed E-state index contributed by atoms with van der Waals surface area (Å²) in [7, 11) is -3.75. The van der Waals surface area contributed by atoms with Gasteiger partial charge in [-0.25, -0.2) is 8.42 Å². The van der Waals surface area contributed by atoms with Crippen molar-refractivity contribution in [3.05, 3.63) is 29.8 Å². The maximum absolute atomic E-state index is 13.0. The van der Waals surface area contributed by atoms with Crippen LogP contribution in [0.1, 0.15) is 39.2 Å². The molecule has 0 bridgehead atoms. The molecule has 1 aliphatic rings. The normalized spacial score (nSPS) is 21.2. The molecule has 1 amide bonds. The number of hydrogen-bond acceptors (Lipinski definition) is 4. The quantitative estimate of drug-likeness (QED) is 0.711. The van der Waals surface area contributed by atoms with E-state index in [2.05, 4.69) is 11.6 Å². The molecule has 0 aromatic heterocycles. The highest BCUT2D eigenvalue weighted by molar-refractivity contribution is 7.89. The standard InChI is InChI=1S/C19H31N3O3S.ClH/c1-14(2)11-17(18(23)22-10-9-19(4,12-20)13-22)21-26(24,25)16-7-5-15(3)6-8-16;/h5-8,14,17,21H,9-13,20H2,1-4H3;1H. The first-order valence-corrected chi connectivity index (χ1v) is 10.6. The van der Waals surface area contributed by atoms with Gasteiger partial charge in [-0.1, -0.05) is 38.5 Å². The first-order chi connectivity index (χ1) is 12.1. The van der Waals surface area contributed by atoms with Crippen molar-refractivity contribution in [2.45, 2.75) is 51.5 Å². The molecule has 1 aromatic carbocycles. The van der Waals surface area contributed by atoms with E-state index in [-0.39, 0.29) is 34.5 Å². The second kappa shape index (κ2) is 9.37. The molecule has 0 aliphatic carbocycles. The minimum atomic E-state index is -3.75. The molecule has 27 heavy (non-hydrogen) atoms. The van der Waals surface area contributed by atoms with Crippen LogP contribution in [0, 0.1) is 18.3 Å². The molecule has 0 spiro atoms. The molecule has 1 saturated heterocycles. The highest BCUT2D eigenvalue weighted by Crippen LogP contribution is 2.29. The van der Waals surface area contributed by atoms with Crippen LogP contribution in [0.3, 0.4) is 0 Å². The zero-order valence-corrected chi connectivity index (χ0v) is 18.2. The SMILES string of the molecule is Cc1ccc(S(=O)(=O)NC(CC(C)C)C(=O)N2CCC(C)(CN)C2)cc1.Cl. The molecule has 2 unspecified atom stereocenters. The predicted octanol–water partition coefficient (Wildman–Crippen LogP) is 2.31. The van der Waals surface area contributed by atoms with Crippen molar-refractivity contribution >= 4 is 28.3 Å². The van der Waals surface area contributed by atoms with Gasteiger partial charge in [0.05, 0.1) is 4.90 Å². The number of hydrogen-bond donors (Lipinski definition) is 2. The Labute approximate surface area is 169 Å². The van der Waals surface area contributed by atoms with Crippen LogP contribution >= 0.6 is 12.4 Å². The number of nitrogens with zero attached hydrogens (tertiary/aromatic N) is 1. The second-order valence-corrected chi connectivity index (χ2v) is 9.86. The number of amides is 1. The van der Waals surface area contributed by atoms with Gasteiger partial charge in [0.1, 0.15) is 6.04 Å². The molecule has 1 heterocycles. The monoisotopic (exact) mass is 417 g/mol. The highest BCUT2D eigenvalue weighted by atomic mass is 35.5. The third-order valence-electron chi connectivity index (χ3n) is 5.00. The molecule has 1 aromatic rings. The van der Waals surface area contributed by atoms with Crippen LogP contribution in [0.5, 0.6) is 0 Å². The highest BCUT2D eigenvalue weighted by Gasteiger charge is 2.38. The summed E-state index contributed by atoms with van der Waals surface area (Å²) in [5.74, 6) is 0.0275. The third kappa shape index (κ3) is 6.17. The van der Waals surface area contributed by atoms with Gasteiger partial charge in [0.15, 0.2) is 0 Å². The second-order valence-electron chi connectivity index (χ2n) is 8.14. The van der Waals surface area contributed by atoms with E-state index in [0.717, 1.165) is 12.0 Å². The van der Waals surface area contributed by atoms with Crippen molar-refractivity contribution in [2.24, 2.45) is 17.1 Å². The number of benzene rings is 1. The smallest absolute Gasteiger partial charge is 0.241 e. The van der Waals surface area contributed by atoms with Gasteiger partial charge in [-0.15, -0.1) is 12.4 Å². The summed E-state index contributed by atoms with van der Waals surface area (Å²) in [6.45, 7) is 9.63. The van der Waals surface area contributed by atoms with E-state index in [1.165, 1.54) is 0 Å². The molecular weight excluding hydrogens is 386 g/mol. The zero-order chi connectivity index (χ0) is 19.5. The third-order valence-corrected chi connectivity index (χ3v) is 6.48. The molecule has 0 saturated carbocycles. The van der Waals surface area contributed by atoms with Gasteiger partial charge in [0.25, 0.3) is 0 Å². The fourth-order valence-corrected chi connectivity index (χ4v) is 4.44. The summed E-state index contributed by atoms with van der Waals surface area (Å²) in [5.41, 5.74) is 6.72. The van der Waals surface area contributed by atoms with E-state index in [9.17, 15) is 13.2 Å². The van der Waals surface area contributed by atoms with Crippen molar-refractivity contribution in [1.29, 1.82) is 0 Å². The Bertz CT molecular complexity index is 737. The summed E-state index contributed by atoms with van der Waals surface area (Å²) in [4.78, 5) is 14.9. The lowest BCUT2D eigenvalue weighted by Gasteiger charge is -2.27. The lowest BCUT2D eigenvalue weighted by atomic mass is 9.90. The van der Waals surface area contributed by atoms with Crippen LogP contribution in [-0.2, 0) is 14.8 Å². The van der Waals surface area contributed by atoms with Gasteiger partial charge in [-0.2, -0.15) is 4.72 Å².